The number of urea groups is 1. The van der Waals surface area contributed by atoms with E-state index in [1.807, 2.05) is 44.2 Å². The predicted octanol–water partition coefficient (Wildman–Crippen LogP) is 2.10. The Morgan fingerprint density at radius 1 is 1.23 bits per heavy atom. The van der Waals surface area contributed by atoms with Crippen LogP contribution >= 0.6 is 0 Å². The summed E-state index contributed by atoms with van der Waals surface area (Å²) in [5, 5.41) is 8.45. The summed E-state index contributed by atoms with van der Waals surface area (Å²) in [4.78, 5) is 38.1. The molecule has 1 aliphatic heterocycles. The molecule has 4 amide bonds. The summed E-state index contributed by atoms with van der Waals surface area (Å²) in [5.74, 6) is -0.266. The Kier molecular flexibility index (Phi) is 7.44. The number of carbonyl (C=O) groups excluding carboxylic acids is 3. The van der Waals surface area contributed by atoms with Gasteiger partial charge in [0.25, 0.3) is 0 Å². The van der Waals surface area contributed by atoms with Crippen molar-refractivity contribution in [1.82, 2.24) is 15.5 Å². The minimum atomic E-state index is -0.482. The molecule has 0 aromatic heterocycles. The number of rotatable bonds is 7. The fourth-order valence-electron chi connectivity index (χ4n) is 2.86. The van der Waals surface area contributed by atoms with Gasteiger partial charge in [-0.3, -0.25) is 9.59 Å². The molecule has 0 saturated carbocycles. The first-order valence-electron chi connectivity index (χ1n) is 9.21. The number of nitrogens with one attached hydrogen (secondary N) is 3. The van der Waals surface area contributed by atoms with E-state index in [0.29, 0.717) is 18.7 Å². The fourth-order valence-corrected chi connectivity index (χ4v) is 2.86. The molecule has 1 aliphatic rings. The van der Waals surface area contributed by atoms with Crippen LogP contribution < -0.4 is 16.0 Å². The lowest BCUT2D eigenvalue weighted by molar-refractivity contribution is -0.122. The van der Waals surface area contributed by atoms with Gasteiger partial charge in [-0.2, -0.15) is 0 Å². The van der Waals surface area contributed by atoms with Gasteiger partial charge in [0.15, 0.2) is 0 Å². The number of likely N-dealkylation sites (tertiary alicyclic amines) is 1. The maximum atomic E-state index is 12.5. The van der Waals surface area contributed by atoms with Crippen LogP contribution in [0.4, 0.5) is 10.5 Å². The normalized spacial score (nSPS) is 17.5. The summed E-state index contributed by atoms with van der Waals surface area (Å²) in [6, 6.07) is 8.54. The highest BCUT2D eigenvalue weighted by molar-refractivity contribution is 5.97. The van der Waals surface area contributed by atoms with Gasteiger partial charge in [-0.15, -0.1) is 0 Å². The molecule has 0 aliphatic carbocycles. The van der Waals surface area contributed by atoms with Crippen LogP contribution in [0.25, 0.3) is 0 Å². The number of para-hydroxylation sites is 1. The number of benzene rings is 1. The van der Waals surface area contributed by atoms with Gasteiger partial charge < -0.3 is 20.9 Å². The third-order valence-corrected chi connectivity index (χ3v) is 4.51. The molecule has 1 fully saturated rings. The lowest BCUT2D eigenvalue weighted by Crippen LogP contribution is -2.48. The van der Waals surface area contributed by atoms with Crippen molar-refractivity contribution in [2.24, 2.45) is 0 Å². The average Bonchev–Trinajstić information content (AvgIpc) is 3.12. The number of nitrogens with zero attached hydrogens (tertiary/aromatic N) is 1. The quantitative estimate of drug-likeness (QED) is 0.695. The second-order valence-corrected chi connectivity index (χ2v) is 6.57. The van der Waals surface area contributed by atoms with E-state index >= 15 is 0 Å². The molecule has 26 heavy (non-hydrogen) atoms. The van der Waals surface area contributed by atoms with Crippen LogP contribution in [0.3, 0.4) is 0 Å². The van der Waals surface area contributed by atoms with Crippen LogP contribution in [-0.4, -0.2) is 47.9 Å². The van der Waals surface area contributed by atoms with E-state index in [1.165, 1.54) is 0 Å². The summed E-state index contributed by atoms with van der Waals surface area (Å²) < 4.78 is 0. The molecule has 0 spiro atoms. The molecule has 1 saturated heterocycles. The zero-order valence-electron chi connectivity index (χ0n) is 15.5. The first-order valence-corrected chi connectivity index (χ1v) is 9.21. The molecule has 1 aromatic rings. The summed E-state index contributed by atoms with van der Waals surface area (Å²) in [7, 11) is 0. The highest BCUT2D eigenvalue weighted by Gasteiger charge is 2.34. The Balaban J connectivity index is 1.80. The second kappa shape index (κ2) is 9.79. The van der Waals surface area contributed by atoms with Crippen molar-refractivity contribution in [3.8, 4) is 0 Å². The summed E-state index contributed by atoms with van der Waals surface area (Å²) in [6.07, 6.45) is 2.52. The maximum Gasteiger partial charge on any atom is 0.318 e. The number of hydrogen-bond donors (Lipinski definition) is 3. The topological polar surface area (TPSA) is 90.5 Å². The van der Waals surface area contributed by atoms with E-state index < -0.39 is 6.04 Å². The van der Waals surface area contributed by atoms with Crippen LogP contribution in [0.15, 0.2) is 30.3 Å². The molecule has 2 rings (SSSR count). The predicted molar refractivity (Wildman–Crippen MR) is 101 cm³/mol. The minimum absolute atomic E-state index is 0.0838. The molecule has 0 bridgehead atoms. The van der Waals surface area contributed by atoms with Crippen LogP contribution in [0.1, 0.15) is 39.5 Å². The van der Waals surface area contributed by atoms with Crippen molar-refractivity contribution in [3.63, 3.8) is 0 Å². The van der Waals surface area contributed by atoms with E-state index in [9.17, 15) is 14.4 Å². The third kappa shape index (κ3) is 5.75. The lowest BCUT2D eigenvalue weighted by atomic mass is 10.2. The summed E-state index contributed by atoms with van der Waals surface area (Å²) in [6.45, 7) is 4.74. The maximum absolute atomic E-state index is 12.5. The molecule has 0 unspecified atom stereocenters. The largest absolute Gasteiger partial charge is 0.354 e. The SMILES string of the molecule is CC[C@@H](C)NC(=O)CCNC(=O)N1CCC[C@@H]1C(=O)Nc1ccccc1. The molecule has 7 nitrogen and oxygen atoms in total. The van der Waals surface area contributed by atoms with Gasteiger partial charge in [-0.1, -0.05) is 25.1 Å². The second-order valence-electron chi connectivity index (χ2n) is 6.57. The van der Waals surface area contributed by atoms with E-state index in [0.717, 1.165) is 12.8 Å². The number of carbonyl (C=O) groups is 3. The smallest absolute Gasteiger partial charge is 0.318 e. The van der Waals surface area contributed by atoms with Crippen molar-refractivity contribution < 1.29 is 14.4 Å². The Morgan fingerprint density at radius 2 is 1.96 bits per heavy atom. The van der Waals surface area contributed by atoms with Crippen LogP contribution in [-0.2, 0) is 9.59 Å². The molecular weight excluding hydrogens is 332 g/mol. The molecule has 7 heteroatoms. The molecule has 0 radical (unpaired) electrons. The Labute approximate surface area is 154 Å². The van der Waals surface area contributed by atoms with Gasteiger partial charge >= 0.3 is 6.03 Å². The first-order chi connectivity index (χ1) is 12.5. The number of amides is 4. The van der Waals surface area contributed by atoms with Crippen molar-refractivity contribution in [3.05, 3.63) is 30.3 Å². The van der Waals surface area contributed by atoms with E-state index in [2.05, 4.69) is 16.0 Å². The van der Waals surface area contributed by atoms with Gasteiger partial charge in [0, 0.05) is 31.2 Å². The van der Waals surface area contributed by atoms with Gasteiger partial charge in [0.05, 0.1) is 0 Å². The van der Waals surface area contributed by atoms with Crippen molar-refractivity contribution in [2.75, 3.05) is 18.4 Å². The van der Waals surface area contributed by atoms with E-state index in [-0.39, 0.29) is 36.9 Å². The summed E-state index contributed by atoms with van der Waals surface area (Å²) >= 11 is 0. The first kappa shape index (κ1) is 19.8. The zero-order valence-corrected chi connectivity index (χ0v) is 15.5. The molecule has 3 N–H and O–H groups in total. The third-order valence-electron chi connectivity index (χ3n) is 4.51. The zero-order chi connectivity index (χ0) is 18.9. The highest BCUT2D eigenvalue weighted by Crippen LogP contribution is 2.19. The van der Waals surface area contributed by atoms with Crippen molar-refractivity contribution in [2.45, 2.75) is 51.6 Å². The van der Waals surface area contributed by atoms with Gasteiger partial charge in [-0.05, 0) is 38.3 Å². The van der Waals surface area contributed by atoms with E-state index in [4.69, 9.17) is 0 Å². The van der Waals surface area contributed by atoms with Crippen LogP contribution in [0.2, 0.25) is 0 Å². The number of anilines is 1. The van der Waals surface area contributed by atoms with Gasteiger partial charge in [-0.25, -0.2) is 4.79 Å². The van der Waals surface area contributed by atoms with Crippen molar-refractivity contribution in [1.29, 1.82) is 0 Å². The Bertz CT molecular complexity index is 620. The molecule has 1 aromatic carbocycles. The van der Waals surface area contributed by atoms with Crippen LogP contribution in [0.5, 0.6) is 0 Å². The van der Waals surface area contributed by atoms with Gasteiger partial charge in [0.2, 0.25) is 11.8 Å². The Hall–Kier alpha value is -2.57. The van der Waals surface area contributed by atoms with Crippen LogP contribution in [0, 0.1) is 0 Å². The molecule has 2 atom stereocenters. The van der Waals surface area contributed by atoms with Crippen molar-refractivity contribution >= 4 is 23.5 Å². The standard InChI is InChI=1S/C19H28N4O3/c1-3-14(2)21-17(24)11-12-20-19(26)23-13-7-10-16(23)18(25)22-15-8-5-4-6-9-15/h4-6,8-9,14,16H,3,7,10-13H2,1-2H3,(H,20,26)(H,21,24)(H,22,25)/t14-,16-/m1/s1. The lowest BCUT2D eigenvalue weighted by Gasteiger charge is -2.24. The highest BCUT2D eigenvalue weighted by atomic mass is 16.2. The monoisotopic (exact) mass is 360 g/mol. The average molecular weight is 360 g/mol. The summed E-state index contributed by atoms with van der Waals surface area (Å²) in [5.41, 5.74) is 0.714. The molecule has 142 valence electrons. The van der Waals surface area contributed by atoms with E-state index in [1.54, 1.807) is 4.90 Å². The Morgan fingerprint density at radius 3 is 2.65 bits per heavy atom. The molecular formula is C19H28N4O3. The molecule has 1 heterocycles. The fraction of sp³-hybridized carbons (Fsp3) is 0.526. The van der Waals surface area contributed by atoms with Gasteiger partial charge in [0.1, 0.15) is 6.04 Å². The minimum Gasteiger partial charge on any atom is -0.354 e. The number of hydrogen-bond acceptors (Lipinski definition) is 3.